The van der Waals surface area contributed by atoms with Crippen LogP contribution in [0.5, 0.6) is 11.5 Å². The molecule has 0 atom stereocenters. The Morgan fingerprint density at radius 1 is 1.03 bits per heavy atom. The van der Waals surface area contributed by atoms with Crippen LogP contribution in [0.2, 0.25) is 0 Å². The van der Waals surface area contributed by atoms with Gasteiger partial charge < -0.3 is 15.4 Å². The van der Waals surface area contributed by atoms with E-state index in [1.54, 1.807) is 6.07 Å². The molecule has 1 aromatic heterocycles. The van der Waals surface area contributed by atoms with Gasteiger partial charge in [-0.2, -0.15) is 0 Å². The molecule has 0 aliphatic rings. The highest BCUT2D eigenvalue weighted by Gasteiger charge is 2.11. The number of thioether (sulfide) groups is 1. The number of para-hydroxylation sites is 1. The molecule has 3 aromatic carbocycles. The van der Waals surface area contributed by atoms with E-state index in [1.807, 2.05) is 54.6 Å². The quantitative estimate of drug-likeness (QED) is 0.246. The lowest BCUT2D eigenvalue weighted by atomic mass is 10.3. The molecule has 1 heterocycles. The van der Waals surface area contributed by atoms with Crippen molar-refractivity contribution < 1.29 is 13.9 Å². The van der Waals surface area contributed by atoms with Gasteiger partial charge in [0, 0.05) is 10.2 Å². The minimum absolute atomic E-state index is 0.0929. The van der Waals surface area contributed by atoms with Crippen molar-refractivity contribution in [2.45, 2.75) is 4.34 Å². The van der Waals surface area contributed by atoms with Crippen molar-refractivity contribution in [1.82, 2.24) is 10.2 Å². The Hall–Kier alpha value is -2.95. The molecule has 162 valence electrons. The second-order valence-corrected chi connectivity index (χ2v) is 9.51. The topological polar surface area (TPSA) is 76.1 Å². The molecule has 32 heavy (non-hydrogen) atoms. The Labute approximate surface area is 200 Å². The maximum atomic E-state index is 13.8. The molecule has 4 aromatic rings. The normalized spacial score (nSPS) is 10.6. The minimum atomic E-state index is -0.500. The highest BCUT2D eigenvalue weighted by Crippen LogP contribution is 2.29. The third-order valence-corrected chi connectivity index (χ3v) is 6.49. The molecule has 0 radical (unpaired) electrons. The van der Waals surface area contributed by atoms with Crippen LogP contribution in [0.1, 0.15) is 0 Å². The number of hydrogen-bond acceptors (Lipinski definition) is 7. The van der Waals surface area contributed by atoms with Crippen LogP contribution in [0.15, 0.2) is 81.6 Å². The molecule has 1 amide bonds. The Bertz CT molecular complexity index is 1210. The monoisotopic (exact) mass is 530 g/mol. The average molecular weight is 531 g/mol. The van der Waals surface area contributed by atoms with Crippen LogP contribution >= 0.6 is 39.0 Å². The predicted molar refractivity (Wildman–Crippen MR) is 130 cm³/mol. The fourth-order valence-corrected chi connectivity index (χ4v) is 4.48. The van der Waals surface area contributed by atoms with Crippen LogP contribution in [0.25, 0.3) is 0 Å². The van der Waals surface area contributed by atoms with Crippen molar-refractivity contribution in [1.29, 1.82) is 0 Å². The molecule has 6 nitrogen and oxygen atoms in total. The smallest absolute Gasteiger partial charge is 0.234 e. The summed E-state index contributed by atoms with van der Waals surface area (Å²) in [5, 5.41) is 14.5. The zero-order chi connectivity index (χ0) is 22.3. The largest absolute Gasteiger partial charge is 0.457 e. The SMILES string of the molecule is O=C(CSc1nnc(Nc2ccc(Oc3ccccc3)cc2)s1)Nc1ccc(Br)cc1F. The highest BCUT2D eigenvalue weighted by atomic mass is 79.9. The van der Waals surface area contributed by atoms with E-state index in [0.29, 0.717) is 13.9 Å². The van der Waals surface area contributed by atoms with Crippen molar-refractivity contribution in [2.75, 3.05) is 16.4 Å². The second kappa shape index (κ2) is 10.6. The van der Waals surface area contributed by atoms with E-state index in [4.69, 9.17) is 4.74 Å². The fourth-order valence-electron chi connectivity index (χ4n) is 2.58. The van der Waals surface area contributed by atoms with Crippen molar-refractivity contribution in [3.8, 4) is 11.5 Å². The molecular formula is C22H16BrFN4O2S2. The van der Waals surface area contributed by atoms with Gasteiger partial charge in [-0.1, -0.05) is 57.2 Å². The van der Waals surface area contributed by atoms with Crippen LogP contribution in [0.3, 0.4) is 0 Å². The van der Waals surface area contributed by atoms with Gasteiger partial charge in [0.05, 0.1) is 11.4 Å². The number of anilines is 3. The number of carbonyl (C=O) groups excluding carboxylic acids is 1. The molecule has 2 N–H and O–H groups in total. The molecular weight excluding hydrogens is 515 g/mol. The van der Waals surface area contributed by atoms with Crippen molar-refractivity contribution in [3.63, 3.8) is 0 Å². The van der Waals surface area contributed by atoms with Gasteiger partial charge in [-0.3, -0.25) is 4.79 Å². The summed E-state index contributed by atoms with van der Waals surface area (Å²) in [6, 6.07) is 21.5. The minimum Gasteiger partial charge on any atom is -0.457 e. The third kappa shape index (κ3) is 6.28. The Morgan fingerprint density at radius 3 is 2.53 bits per heavy atom. The van der Waals surface area contributed by atoms with Gasteiger partial charge >= 0.3 is 0 Å². The molecule has 0 saturated heterocycles. The summed E-state index contributed by atoms with van der Waals surface area (Å²) in [5.41, 5.74) is 0.972. The van der Waals surface area contributed by atoms with Gasteiger partial charge in [-0.05, 0) is 54.6 Å². The molecule has 0 aliphatic heterocycles. The number of hydrogen-bond donors (Lipinski definition) is 2. The summed E-state index contributed by atoms with van der Waals surface area (Å²) in [4.78, 5) is 12.1. The first kappa shape index (κ1) is 22.3. The van der Waals surface area contributed by atoms with E-state index >= 15 is 0 Å². The number of amides is 1. The van der Waals surface area contributed by atoms with E-state index in [1.165, 1.54) is 35.2 Å². The molecule has 0 saturated carbocycles. The molecule has 0 aliphatic carbocycles. The second-order valence-electron chi connectivity index (χ2n) is 6.40. The van der Waals surface area contributed by atoms with Crippen LogP contribution in [0.4, 0.5) is 20.9 Å². The van der Waals surface area contributed by atoms with Gasteiger partial charge in [0.25, 0.3) is 0 Å². The summed E-state index contributed by atoms with van der Waals surface area (Å²) in [6.45, 7) is 0. The van der Waals surface area contributed by atoms with Gasteiger partial charge in [0.1, 0.15) is 17.3 Å². The van der Waals surface area contributed by atoms with Crippen LogP contribution in [-0.4, -0.2) is 21.9 Å². The number of aromatic nitrogens is 2. The Morgan fingerprint density at radius 2 is 1.78 bits per heavy atom. The zero-order valence-electron chi connectivity index (χ0n) is 16.4. The van der Waals surface area contributed by atoms with E-state index in [2.05, 4.69) is 36.8 Å². The van der Waals surface area contributed by atoms with Gasteiger partial charge in [0.2, 0.25) is 11.0 Å². The number of ether oxygens (including phenoxy) is 1. The number of rotatable bonds is 8. The predicted octanol–water partition coefficient (Wildman–Crippen LogP) is 6.71. The van der Waals surface area contributed by atoms with Crippen LogP contribution in [-0.2, 0) is 4.79 Å². The van der Waals surface area contributed by atoms with E-state index in [9.17, 15) is 9.18 Å². The fraction of sp³-hybridized carbons (Fsp3) is 0.0455. The lowest BCUT2D eigenvalue weighted by molar-refractivity contribution is -0.113. The standard InChI is InChI=1S/C22H16BrFN4O2S2/c23-14-6-11-19(18(24)12-14)26-20(29)13-31-22-28-27-21(32-22)25-15-7-9-17(10-8-15)30-16-4-2-1-3-5-16/h1-12H,13H2,(H,25,27)(H,26,29). The summed E-state index contributed by atoms with van der Waals surface area (Å²) in [7, 11) is 0. The first-order valence-corrected chi connectivity index (χ1v) is 12.0. The molecule has 0 unspecified atom stereocenters. The molecule has 0 spiro atoms. The van der Waals surface area contributed by atoms with Crippen molar-refractivity contribution >= 4 is 61.4 Å². The summed E-state index contributed by atoms with van der Waals surface area (Å²) in [6.07, 6.45) is 0. The Kier molecular flexibility index (Phi) is 7.35. The van der Waals surface area contributed by atoms with Crippen molar-refractivity contribution in [2.24, 2.45) is 0 Å². The Balaban J connectivity index is 1.27. The number of nitrogens with zero attached hydrogens (tertiary/aromatic N) is 2. The first-order chi connectivity index (χ1) is 15.5. The lowest BCUT2D eigenvalue weighted by Crippen LogP contribution is -2.14. The van der Waals surface area contributed by atoms with Gasteiger partial charge in [-0.25, -0.2) is 4.39 Å². The highest BCUT2D eigenvalue weighted by molar-refractivity contribution is 9.10. The number of carbonyl (C=O) groups is 1. The molecule has 0 fully saturated rings. The van der Waals surface area contributed by atoms with Crippen LogP contribution in [0, 0.1) is 5.82 Å². The number of halogens is 2. The van der Waals surface area contributed by atoms with Crippen LogP contribution < -0.4 is 15.4 Å². The zero-order valence-corrected chi connectivity index (χ0v) is 19.6. The van der Waals surface area contributed by atoms with Crippen molar-refractivity contribution in [3.05, 3.63) is 83.1 Å². The molecule has 0 bridgehead atoms. The van der Waals surface area contributed by atoms with E-state index < -0.39 is 5.82 Å². The lowest BCUT2D eigenvalue weighted by Gasteiger charge is -2.07. The third-order valence-electron chi connectivity index (χ3n) is 4.02. The van der Waals surface area contributed by atoms with Gasteiger partial charge in [-0.15, -0.1) is 10.2 Å². The summed E-state index contributed by atoms with van der Waals surface area (Å²) in [5.74, 6) is 0.764. The maximum absolute atomic E-state index is 13.8. The first-order valence-electron chi connectivity index (χ1n) is 9.36. The summed E-state index contributed by atoms with van der Waals surface area (Å²) >= 11 is 5.74. The maximum Gasteiger partial charge on any atom is 0.234 e. The molecule has 4 rings (SSSR count). The van der Waals surface area contributed by atoms with Gasteiger partial charge in [0.15, 0.2) is 4.34 Å². The summed E-state index contributed by atoms with van der Waals surface area (Å²) < 4.78 is 20.8. The average Bonchev–Trinajstić information content (AvgIpc) is 3.24. The van der Waals surface area contributed by atoms with E-state index in [-0.39, 0.29) is 17.3 Å². The number of benzene rings is 3. The van der Waals surface area contributed by atoms with E-state index in [0.717, 1.165) is 17.2 Å². The number of nitrogens with one attached hydrogen (secondary N) is 2. The molecule has 10 heteroatoms.